The maximum Gasteiger partial charge on any atom is 0.321 e. The Balaban J connectivity index is 2.05. The summed E-state index contributed by atoms with van der Waals surface area (Å²) in [5, 5.41) is 8.58. The molecule has 1 aromatic rings. The third-order valence-electron chi connectivity index (χ3n) is 3.32. The molecule has 1 aliphatic heterocycles. The van der Waals surface area contributed by atoms with Crippen LogP contribution in [-0.4, -0.2) is 30.8 Å². The van der Waals surface area contributed by atoms with E-state index in [4.69, 9.17) is 11.6 Å². The van der Waals surface area contributed by atoms with Crippen LogP contribution in [0.25, 0.3) is 0 Å². The van der Waals surface area contributed by atoms with Crippen molar-refractivity contribution in [2.75, 3.05) is 12.8 Å². The van der Waals surface area contributed by atoms with Crippen molar-refractivity contribution in [3.8, 4) is 0 Å². The number of carbonyl (C=O) groups excluding carboxylic acids is 2. The fraction of sp³-hybridized carbons (Fsp3) is 0.429. The van der Waals surface area contributed by atoms with E-state index in [1.807, 2.05) is 18.2 Å². The van der Waals surface area contributed by atoms with Crippen LogP contribution < -0.4 is 16.0 Å². The lowest BCUT2D eigenvalue weighted by Crippen LogP contribution is -2.48. The number of fused-ring (bicyclic) bond motifs is 1. The highest BCUT2D eigenvalue weighted by molar-refractivity contribution is 7.99. The molecular weight excluding hydrogens is 310 g/mol. The number of benzene rings is 1. The van der Waals surface area contributed by atoms with Crippen LogP contribution in [0.2, 0.25) is 5.02 Å². The average molecular weight is 328 g/mol. The molecule has 0 spiro atoms. The maximum atomic E-state index is 11.9. The van der Waals surface area contributed by atoms with Crippen molar-refractivity contribution in [3.63, 3.8) is 0 Å². The lowest BCUT2D eigenvalue weighted by atomic mass is 10.0. The molecule has 1 aromatic carbocycles. The zero-order chi connectivity index (χ0) is 15.4. The highest BCUT2D eigenvalue weighted by Gasteiger charge is 2.25. The van der Waals surface area contributed by atoms with Crippen molar-refractivity contribution in [1.82, 2.24) is 16.0 Å². The molecule has 0 aromatic heterocycles. The van der Waals surface area contributed by atoms with Crippen LogP contribution >= 0.6 is 23.4 Å². The summed E-state index contributed by atoms with van der Waals surface area (Å²) in [4.78, 5) is 24.3. The molecule has 3 N–H and O–H groups in total. The lowest BCUT2D eigenvalue weighted by Gasteiger charge is -2.28. The number of rotatable bonds is 3. The Kier molecular flexibility index (Phi) is 5.50. The first-order chi connectivity index (χ1) is 10.0. The number of urea groups is 1. The first-order valence-electron chi connectivity index (χ1n) is 6.72. The molecule has 0 saturated heterocycles. The van der Waals surface area contributed by atoms with Crippen LogP contribution in [0.3, 0.4) is 0 Å². The Morgan fingerprint density at radius 1 is 1.43 bits per heavy atom. The van der Waals surface area contributed by atoms with E-state index in [9.17, 15) is 9.59 Å². The van der Waals surface area contributed by atoms with Gasteiger partial charge in [-0.1, -0.05) is 11.6 Å². The maximum absolute atomic E-state index is 11.9. The molecule has 3 amide bonds. The van der Waals surface area contributed by atoms with Crippen LogP contribution in [0.4, 0.5) is 4.79 Å². The van der Waals surface area contributed by atoms with E-state index in [0.29, 0.717) is 5.02 Å². The summed E-state index contributed by atoms with van der Waals surface area (Å²) in [6.45, 7) is 1.74. The third kappa shape index (κ3) is 4.12. The van der Waals surface area contributed by atoms with E-state index >= 15 is 0 Å². The van der Waals surface area contributed by atoms with E-state index < -0.39 is 12.1 Å². The minimum atomic E-state index is -0.503. The Morgan fingerprint density at radius 3 is 2.90 bits per heavy atom. The second-order valence-electron chi connectivity index (χ2n) is 4.83. The Hall–Kier alpha value is -1.24. The number of nitrogens with one attached hydrogen (secondary N) is 3. The minimum Gasteiger partial charge on any atom is -0.341 e. The molecule has 2 atom stereocenters. The van der Waals surface area contributed by atoms with E-state index in [1.54, 1.807) is 18.7 Å². The summed E-state index contributed by atoms with van der Waals surface area (Å²) >= 11 is 7.85. The van der Waals surface area contributed by atoms with Gasteiger partial charge in [-0.2, -0.15) is 0 Å². The number of hydrogen-bond acceptors (Lipinski definition) is 4. The molecule has 1 aliphatic rings. The monoisotopic (exact) mass is 327 g/mol. The van der Waals surface area contributed by atoms with Gasteiger partial charge in [0, 0.05) is 23.0 Å². The summed E-state index contributed by atoms with van der Waals surface area (Å²) < 4.78 is 0. The molecule has 5 nitrogen and oxygen atoms in total. The van der Waals surface area contributed by atoms with Gasteiger partial charge in [-0.25, -0.2) is 4.79 Å². The molecule has 0 radical (unpaired) electrons. The van der Waals surface area contributed by atoms with Gasteiger partial charge in [-0.15, -0.1) is 11.8 Å². The molecule has 0 saturated carbocycles. The topological polar surface area (TPSA) is 70.2 Å². The third-order valence-corrected chi connectivity index (χ3v) is 4.68. The fourth-order valence-electron chi connectivity index (χ4n) is 2.20. The smallest absolute Gasteiger partial charge is 0.321 e. The van der Waals surface area contributed by atoms with E-state index in [1.165, 1.54) is 11.9 Å². The molecular formula is C14H18ClN3O2S. The van der Waals surface area contributed by atoms with Crippen LogP contribution in [0.15, 0.2) is 23.1 Å². The molecule has 21 heavy (non-hydrogen) atoms. The van der Waals surface area contributed by atoms with Crippen molar-refractivity contribution >= 4 is 35.3 Å². The predicted octanol–water partition coefficient (Wildman–Crippen LogP) is 2.31. The van der Waals surface area contributed by atoms with Gasteiger partial charge in [0.05, 0.1) is 6.04 Å². The summed E-state index contributed by atoms with van der Waals surface area (Å²) in [6, 6.07) is 4.90. The quantitative estimate of drug-likeness (QED) is 0.797. The number of imide groups is 1. The van der Waals surface area contributed by atoms with E-state index in [0.717, 1.165) is 17.7 Å². The van der Waals surface area contributed by atoms with Gasteiger partial charge in [0.1, 0.15) is 0 Å². The largest absolute Gasteiger partial charge is 0.341 e. The second-order valence-corrected chi connectivity index (χ2v) is 6.40. The highest BCUT2D eigenvalue weighted by Crippen LogP contribution is 2.37. The van der Waals surface area contributed by atoms with Crippen LogP contribution in [0.5, 0.6) is 0 Å². The van der Waals surface area contributed by atoms with Gasteiger partial charge in [0.25, 0.3) is 0 Å². The molecule has 2 rings (SSSR count). The first-order valence-corrected chi connectivity index (χ1v) is 8.08. The standard InChI is InChI=1S/C14H18ClN3O2S/c1-8(13(19)18-14(20)16-2)17-11-5-6-21-12-4-3-9(15)7-10(11)12/h3-4,7-8,11,17H,5-6H2,1-2H3,(H2,16,18,19,20)/t8-,11-/m0/s1. The number of carbonyl (C=O) groups is 2. The van der Waals surface area contributed by atoms with Crippen molar-refractivity contribution in [2.24, 2.45) is 0 Å². The molecule has 0 aliphatic carbocycles. The van der Waals surface area contributed by atoms with E-state index in [-0.39, 0.29) is 11.9 Å². The van der Waals surface area contributed by atoms with Gasteiger partial charge in [0.15, 0.2) is 0 Å². The van der Waals surface area contributed by atoms with Gasteiger partial charge < -0.3 is 5.32 Å². The Bertz CT molecular complexity index is 553. The van der Waals surface area contributed by atoms with Crippen molar-refractivity contribution in [3.05, 3.63) is 28.8 Å². The van der Waals surface area contributed by atoms with Crippen molar-refractivity contribution in [1.29, 1.82) is 0 Å². The number of amides is 3. The number of hydrogen-bond donors (Lipinski definition) is 3. The zero-order valence-electron chi connectivity index (χ0n) is 11.9. The lowest BCUT2D eigenvalue weighted by molar-refractivity contribution is -0.121. The number of halogens is 1. The summed E-state index contributed by atoms with van der Waals surface area (Å²) in [6.07, 6.45) is 0.912. The molecule has 0 fully saturated rings. The molecule has 1 heterocycles. The van der Waals surface area contributed by atoms with Gasteiger partial charge >= 0.3 is 6.03 Å². The SMILES string of the molecule is CNC(=O)NC(=O)[C@H](C)N[C@H]1CCSc2ccc(Cl)cc21. The first kappa shape index (κ1) is 16.1. The summed E-state index contributed by atoms with van der Waals surface area (Å²) in [5.74, 6) is 0.631. The molecule has 114 valence electrons. The van der Waals surface area contributed by atoms with E-state index in [2.05, 4.69) is 16.0 Å². The summed E-state index contributed by atoms with van der Waals surface area (Å²) in [7, 11) is 1.47. The highest BCUT2D eigenvalue weighted by atomic mass is 35.5. The normalized spacial score (nSPS) is 18.5. The summed E-state index contributed by atoms with van der Waals surface area (Å²) in [5.41, 5.74) is 1.11. The van der Waals surface area contributed by atoms with Gasteiger partial charge in [-0.05, 0) is 42.9 Å². The van der Waals surface area contributed by atoms with Crippen LogP contribution in [-0.2, 0) is 4.79 Å². The van der Waals surface area contributed by atoms with Crippen molar-refractivity contribution in [2.45, 2.75) is 30.3 Å². The zero-order valence-corrected chi connectivity index (χ0v) is 13.5. The van der Waals surface area contributed by atoms with Crippen LogP contribution in [0, 0.1) is 0 Å². The Labute approximate surface area is 133 Å². The second kappa shape index (κ2) is 7.15. The molecule has 7 heteroatoms. The number of thioether (sulfide) groups is 1. The molecule has 0 bridgehead atoms. The van der Waals surface area contributed by atoms with Crippen LogP contribution in [0.1, 0.15) is 24.9 Å². The molecule has 0 unspecified atom stereocenters. The van der Waals surface area contributed by atoms with Crippen molar-refractivity contribution < 1.29 is 9.59 Å². The predicted molar refractivity (Wildman–Crippen MR) is 84.7 cm³/mol. The minimum absolute atomic E-state index is 0.0605. The van der Waals surface area contributed by atoms with Gasteiger partial charge in [0.2, 0.25) is 5.91 Å². The van der Waals surface area contributed by atoms with Gasteiger partial charge in [-0.3, -0.25) is 15.4 Å². The fourth-order valence-corrected chi connectivity index (χ4v) is 3.48. The average Bonchev–Trinajstić information content (AvgIpc) is 2.47. The Morgan fingerprint density at radius 2 is 2.19 bits per heavy atom.